The molecule has 21 heavy (non-hydrogen) atoms. The Morgan fingerprint density at radius 2 is 2.29 bits per heavy atom. The van der Waals surface area contributed by atoms with E-state index in [0.29, 0.717) is 19.0 Å². The van der Waals surface area contributed by atoms with Gasteiger partial charge in [-0.25, -0.2) is 0 Å². The van der Waals surface area contributed by atoms with Gasteiger partial charge in [0.2, 0.25) is 5.91 Å². The van der Waals surface area contributed by atoms with E-state index in [1.54, 1.807) is 4.90 Å². The smallest absolute Gasteiger partial charge is 0.365 e. The fraction of sp³-hybridized carbons (Fsp3) is 0.571. The van der Waals surface area contributed by atoms with Crippen LogP contribution < -0.4 is 0 Å². The molecule has 0 saturated carbocycles. The molecule has 1 saturated heterocycles. The lowest BCUT2D eigenvalue weighted by Gasteiger charge is -2.15. The summed E-state index contributed by atoms with van der Waals surface area (Å²) in [6.07, 6.45) is -2.34. The summed E-state index contributed by atoms with van der Waals surface area (Å²) >= 11 is 0. The van der Waals surface area contributed by atoms with Crippen LogP contribution in [0.4, 0.5) is 13.2 Å². The lowest BCUT2D eigenvalue weighted by Crippen LogP contribution is -2.31. The van der Waals surface area contributed by atoms with Crippen molar-refractivity contribution < 1.29 is 22.7 Å². The van der Waals surface area contributed by atoms with E-state index < -0.39 is 11.7 Å². The van der Waals surface area contributed by atoms with E-state index >= 15 is 0 Å². The Morgan fingerprint density at radius 1 is 1.52 bits per heavy atom. The summed E-state index contributed by atoms with van der Waals surface area (Å²) in [4.78, 5) is 17.3. The number of pyridine rings is 1. The Bertz CT molecular complexity index is 505. The molecule has 1 aliphatic heterocycles. The number of halogens is 3. The van der Waals surface area contributed by atoms with Gasteiger partial charge in [0.1, 0.15) is 6.61 Å². The lowest BCUT2D eigenvalue weighted by molar-refractivity contribution is -0.138. The second kappa shape index (κ2) is 6.43. The normalized spacial score (nSPS) is 19.0. The summed E-state index contributed by atoms with van der Waals surface area (Å²) in [5, 5.41) is 0. The van der Waals surface area contributed by atoms with Crippen LogP contribution >= 0.6 is 0 Å². The van der Waals surface area contributed by atoms with Crippen molar-refractivity contribution in [3.05, 3.63) is 29.6 Å². The van der Waals surface area contributed by atoms with Crippen LogP contribution in [0.25, 0.3) is 0 Å². The Hall–Kier alpha value is -1.63. The van der Waals surface area contributed by atoms with Crippen molar-refractivity contribution in [1.82, 2.24) is 9.88 Å². The van der Waals surface area contributed by atoms with Crippen LogP contribution in [0.15, 0.2) is 18.3 Å². The van der Waals surface area contributed by atoms with E-state index in [-0.39, 0.29) is 24.8 Å². The minimum atomic E-state index is -4.40. The summed E-state index contributed by atoms with van der Waals surface area (Å²) in [5.74, 6) is 0.352. The highest BCUT2D eigenvalue weighted by Crippen LogP contribution is 2.29. The van der Waals surface area contributed by atoms with Gasteiger partial charge in [-0.05, 0) is 24.5 Å². The molecule has 0 unspecified atom stereocenters. The van der Waals surface area contributed by atoms with Crippen LogP contribution in [0.1, 0.15) is 24.6 Å². The first-order chi connectivity index (χ1) is 9.86. The topological polar surface area (TPSA) is 42.4 Å². The molecular weight excluding hydrogens is 285 g/mol. The van der Waals surface area contributed by atoms with E-state index in [4.69, 9.17) is 4.74 Å². The van der Waals surface area contributed by atoms with E-state index in [0.717, 1.165) is 24.8 Å². The number of ether oxygens (including phenoxy) is 1. The molecule has 1 aliphatic rings. The molecule has 0 aliphatic carbocycles. The molecule has 2 rings (SSSR count). The average Bonchev–Trinajstić information content (AvgIpc) is 2.85. The minimum absolute atomic E-state index is 0.112. The van der Waals surface area contributed by atoms with E-state index in [2.05, 4.69) is 11.9 Å². The lowest BCUT2D eigenvalue weighted by atomic mass is 10.2. The molecule has 4 nitrogen and oxygen atoms in total. The second-order valence-electron chi connectivity index (χ2n) is 5.26. The number of rotatable bonds is 4. The van der Waals surface area contributed by atoms with Crippen LogP contribution in [0, 0.1) is 5.92 Å². The van der Waals surface area contributed by atoms with Gasteiger partial charge in [-0.1, -0.05) is 6.92 Å². The maximum Gasteiger partial charge on any atom is 0.416 e. The zero-order valence-electron chi connectivity index (χ0n) is 11.7. The highest BCUT2D eigenvalue weighted by Gasteiger charge is 2.30. The third-order valence-corrected chi connectivity index (χ3v) is 3.40. The fourth-order valence-electron chi connectivity index (χ4n) is 2.23. The number of likely N-dealkylation sites (tertiary alicyclic amines) is 1. The molecule has 0 radical (unpaired) electrons. The first kappa shape index (κ1) is 15.8. The van der Waals surface area contributed by atoms with Gasteiger partial charge < -0.3 is 9.64 Å². The highest BCUT2D eigenvalue weighted by atomic mass is 19.4. The molecule has 7 heteroatoms. The maximum absolute atomic E-state index is 12.5. The monoisotopic (exact) mass is 302 g/mol. The van der Waals surface area contributed by atoms with Gasteiger partial charge in [0.15, 0.2) is 0 Å². The second-order valence-corrected chi connectivity index (χ2v) is 5.26. The van der Waals surface area contributed by atoms with Crippen LogP contribution in [-0.4, -0.2) is 35.5 Å². The fourth-order valence-corrected chi connectivity index (χ4v) is 2.23. The van der Waals surface area contributed by atoms with E-state index in [1.165, 1.54) is 0 Å². The van der Waals surface area contributed by atoms with Crippen molar-refractivity contribution in [1.29, 1.82) is 0 Å². The first-order valence-corrected chi connectivity index (χ1v) is 6.74. The number of nitrogens with zero attached hydrogens (tertiary/aromatic N) is 2. The maximum atomic E-state index is 12.5. The molecular formula is C14H17F3N2O2. The summed E-state index contributed by atoms with van der Waals surface area (Å²) in [7, 11) is 0. The summed E-state index contributed by atoms with van der Waals surface area (Å²) < 4.78 is 42.8. The predicted molar refractivity (Wildman–Crippen MR) is 69.3 cm³/mol. The predicted octanol–water partition coefficient (Wildman–Crippen LogP) is 2.49. The third kappa shape index (κ3) is 4.42. The molecule has 0 spiro atoms. The van der Waals surface area contributed by atoms with Gasteiger partial charge in [0.05, 0.1) is 17.9 Å². The van der Waals surface area contributed by atoms with Gasteiger partial charge in [0, 0.05) is 19.3 Å². The number of aromatic nitrogens is 1. The number of alkyl halides is 3. The molecule has 1 aromatic heterocycles. The van der Waals surface area contributed by atoms with Crippen molar-refractivity contribution in [2.75, 3.05) is 19.7 Å². The van der Waals surface area contributed by atoms with E-state index in [1.807, 2.05) is 0 Å². The molecule has 2 heterocycles. The van der Waals surface area contributed by atoms with Crippen molar-refractivity contribution in [3.63, 3.8) is 0 Å². The van der Waals surface area contributed by atoms with Crippen molar-refractivity contribution in [3.8, 4) is 0 Å². The van der Waals surface area contributed by atoms with Crippen LogP contribution in [-0.2, 0) is 22.3 Å². The van der Waals surface area contributed by atoms with E-state index in [9.17, 15) is 18.0 Å². The SMILES string of the molecule is C[C@H]1CCN(C(=O)COCc2cc(C(F)(F)F)ccn2)C1. The molecule has 0 N–H and O–H groups in total. The van der Waals surface area contributed by atoms with Crippen LogP contribution in [0.5, 0.6) is 0 Å². The molecule has 0 bridgehead atoms. The third-order valence-electron chi connectivity index (χ3n) is 3.40. The number of amides is 1. The zero-order valence-corrected chi connectivity index (χ0v) is 11.7. The number of hydrogen-bond donors (Lipinski definition) is 0. The quantitative estimate of drug-likeness (QED) is 0.858. The molecule has 1 fully saturated rings. The number of carbonyl (C=O) groups excluding carboxylic acids is 1. The van der Waals surface area contributed by atoms with Crippen LogP contribution in [0.3, 0.4) is 0 Å². The average molecular weight is 302 g/mol. The highest BCUT2D eigenvalue weighted by molar-refractivity contribution is 5.77. The zero-order chi connectivity index (χ0) is 15.5. The molecule has 1 aromatic rings. The van der Waals surface area contributed by atoms with Gasteiger partial charge >= 0.3 is 6.18 Å². The van der Waals surface area contributed by atoms with Crippen molar-refractivity contribution in [2.45, 2.75) is 26.1 Å². The van der Waals surface area contributed by atoms with Gasteiger partial charge in [0.25, 0.3) is 0 Å². The largest absolute Gasteiger partial charge is 0.416 e. The Morgan fingerprint density at radius 3 is 2.90 bits per heavy atom. The number of hydrogen-bond acceptors (Lipinski definition) is 3. The van der Waals surface area contributed by atoms with Crippen molar-refractivity contribution >= 4 is 5.91 Å². The summed E-state index contributed by atoms with van der Waals surface area (Å²) in [6, 6.07) is 1.84. The van der Waals surface area contributed by atoms with Gasteiger partial charge in [-0.2, -0.15) is 13.2 Å². The molecule has 0 aromatic carbocycles. The van der Waals surface area contributed by atoms with Gasteiger partial charge in [-0.15, -0.1) is 0 Å². The Kier molecular flexibility index (Phi) is 4.82. The molecule has 116 valence electrons. The van der Waals surface area contributed by atoms with Gasteiger partial charge in [-0.3, -0.25) is 9.78 Å². The summed E-state index contributed by atoms with van der Waals surface area (Å²) in [6.45, 7) is 3.25. The van der Waals surface area contributed by atoms with Crippen LogP contribution in [0.2, 0.25) is 0 Å². The molecule has 1 amide bonds. The standard InChI is InChI=1S/C14H17F3N2O2/c1-10-3-5-19(7-10)13(20)9-21-8-12-6-11(2-4-18-12)14(15,16)17/h2,4,6,10H,3,5,7-9H2,1H3/t10-/m0/s1. The Balaban J connectivity index is 1.82. The first-order valence-electron chi connectivity index (χ1n) is 6.74. The number of carbonyl (C=O) groups is 1. The van der Waals surface area contributed by atoms with Crippen molar-refractivity contribution in [2.24, 2.45) is 5.92 Å². The summed E-state index contributed by atoms with van der Waals surface area (Å²) in [5.41, 5.74) is -0.608. The molecule has 1 atom stereocenters. The Labute approximate surface area is 120 Å². The minimum Gasteiger partial charge on any atom is -0.365 e.